The molecule has 0 radical (unpaired) electrons. The lowest BCUT2D eigenvalue weighted by molar-refractivity contribution is -0.163. The van der Waals surface area contributed by atoms with Crippen LogP contribution >= 0.6 is 0 Å². The Morgan fingerprint density at radius 1 is 1.10 bits per heavy atom. The van der Waals surface area contributed by atoms with E-state index in [9.17, 15) is 34.2 Å². The number of halogens is 1. The molecule has 1 saturated carbocycles. The van der Waals surface area contributed by atoms with E-state index >= 15 is 4.39 Å². The largest absolute Gasteiger partial charge is 0.481 e. The second-order valence-corrected chi connectivity index (χ2v) is 10.3. The zero-order valence-electron chi connectivity index (χ0n) is 23.4. The summed E-state index contributed by atoms with van der Waals surface area (Å²) in [6, 6.07) is 3.47. The van der Waals surface area contributed by atoms with E-state index < -0.39 is 65.2 Å². The van der Waals surface area contributed by atoms with Gasteiger partial charge in [0.05, 0.1) is 12.1 Å². The molecule has 14 heteroatoms. The average molecular weight is 589 g/mol. The Kier molecular flexibility index (Phi) is 9.12. The van der Waals surface area contributed by atoms with Gasteiger partial charge in [-0.25, -0.2) is 19.0 Å². The Hall–Kier alpha value is -4.49. The number of nitrogens with one attached hydrogen (secondary N) is 1. The molecule has 4 rings (SSSR count). The first kappa shape index (κ1) is 30.5. The van der Waals surface area contributed by atoms with Gasteiger partial charge in [-0.15, -0.1) is 0 Å². The highest BCUT2D eigenvalue weighted by Crippen LogP contribution is 2.41. The van der Waals surface area contributed by atoms with E-state index in [4.69, 9.17) is 9.47 Å². The van der Waals surface area contributed by atoms with Crippen molar-refractivity contribution in [2.45, 2.75) is 57.6 Å². The van der Waals surface area contributed by atoms with Crippen LogP contribution in [-0.2, 0) is 19.1 Å². The van der Waals surface area contributed by atoms with Crippen molar-refractivity contribution in [1.29, 1.82) is 0 Å². The lowest BCUT2D eigenvalue weighted by Crippen LogP contribution is -2.56. The number of hydrogen-bond donors (Lipinski definition) is 3. The van der Waals surface area contributed by atoms with Crippen LogP contribution in [0.25, 0.3) is 10.9 Å². The van der Waals surface area contributed by atoms with Crippen LogP contribution in [0.15, 0.2) is 18.2 Å². The van der Waals surface area contributed by atoms with Gasteiger partial charge in [-0.1, -0.05) is 11.6 Å². The Morgan fingerprint density at radius 3 is 2.33 bits per heavy atom. The molecule has 3 amide bonds. The van der Waals surface area contributed by atoms with E-state index in [1.54, 1.807) is 26.0 Å². The van der Waals surface area contributed by atoms with E-state index in [1.165, 1.54) is 15.9 Å². The van der Waals surface area contributed by atoms with Gasteiger partial charge in [-0.2, -0.15) is 0 Å². The molecule has 226 valence electrons. The van der Waals surface area contributed by atoms with Crippen molar-refractivity contribution in [3.05, 3.63) is 35.3 Å². The van der Waals surface area contributed by atoms with Crippen molar-refractivity contribution in [3.63, 3.8) is 0 Å². The first-order chi connectivity index (χ1) is 20.0. The predicted octanol–water partition coefficient (Wildman–Crippen LogP) is 2.33. The van der Waals surface area contributed by atoms with Crippen LogP contribution in [0, 0.1) is 12.7 Å². The molecule has 1 aliphatic carbocycles. The van der Waals surface area contributed by atoms with Crippen molar-refractivity contribution in [3.8, 4) is 5.75 Å². The molecule has 2 fully saturated rings. The summed E-state index contributed by atoms with van der Waals surface area (Å²) in [5, 5.41) is 21.6. The van der Waals surface area contributed by atoms with Gasteiger partial charge in [0.2, 0.25) is 11.5 Å². The maximum absolute atomic E-state index is 16.0. The van der Waals surface area contributed by atoms with Gasteiger partial charge in [0.25, 0.3) is 5.91 Å². The molecule has 1 atom stereocenters. The summed E-state index contributed by atoms with van der Waals surface area (Å²) in [6.07, 6.45) is -0.356. The number of benzene rings is 1. The predicted molar refractivity (Wildman–Crippen MR) is 145 cm³/mol. The fraction of sp³-hybridized carbons (Fsp3) is 0.500. The van der Waals surface area contributed by atoms with Crippen molar-refractivity contribution in [1.82, 2.24) is 20.1 Å². The molecule has 3 N–H and O–H groups in total. The molecule has 42 heavy (non-hydrogen) atoms. The van der Waals surface area contributed by atoms with Gasteiger partial charge in [0, 0.05) is 38.0 Å². The number of ether oxygens (including phenoxy) is 2. The maximum Gasteiger partial charge on any atom is 0.409 e. The van der Waals surface area contributed by atoms with Gasteiger partial charge in [0.15, 0.2) is 17.3 Å². The number of carboxylic acids is 2. The van der Waals surface area contributed by atoms with E-state index in [-0.39, 0.29) is 63.0 Å². The zero-order chi connectivity index (χ0) is 30.6. The highest BCUT2D eigenvalue weighted by molar-refractivity contribution is 6.00. The van der Waals surface area contributed by atoms with Gasteiger partial charge in [-0.05, 0) is 51.7 Å². The summed E-state index contributed by atoms with van der Waals surface area (Å²) in [6.45, 7) is 4.22. The van der Waals surface area contributed by atoms with E-state index in [0.29, 0.717) is 6.42 Å². The molecule has 1 aromatic carbocycles. The lowest BCUT2D eigenvalue weighted by atomic mass is 9.80. The van der Waals surface area contributed by atoms with Crippen LogP contribution in [0.4, 0.5) is 9.18 Å². The number of carbonyl (C=O) groups excluding carboxylic acids is 3. The van der Waals surface area contributed by atoms with Gasteiger partial charge in [-0.3, -0.25) is 14.4 Å². The Labute approximate surface area is 240 Å². The number of amides is 3. The minimum absolute atomic E-state index is 0.119. The fourth-order valence-electron chi connectivity index (χ4n) is 4.92. The SMILES string of the molecule is CCOC(=O)N1CCN(C(=O)C(CCC(=O)O)NC(=O)c2nc3ccc(C)cc3c(OC3(C(=O)O)CCC3)c2F)CC1. The van der Waals surface area contributed by atoms with Crippen molar-refractivity contribution in [2.24, 2.45) is 0 Å². The van der Waals surface area contributed by atoms with Crippen molar-refractivity contribution in [2.75, 3.05) is 32.8 Å². The third-order valence-corrected chi connectivity index (χ3v) is 7.47. The minimum atomic E-state index is -1.64. The quantitative estimate of drug-likeness (QED) is 0.373. The molecule has 1 aliphatic heterocycles. The third-order valence-electron chi connectivity index (χ3n) is 7.47. The third kappa shape index (κ3) is 6.37. The topological polar surface area (TPSA) is 176 Å². The maximum atomic E-state index is 16.0. The number of hydrogen-bond acceptors (Lipinski definition) is 8. The first-order valence-corrected chi connectivity index (χ1v) is 13.7. The number of nitrogens with zero attached hydrogens (tertiary/aromatic N) is 3. The molecular formula is C28H33FN4O9. The van der Waals surface area contributed by atoms with Crippen LogP contribution in [0.1, 0.15) is 55.1 Å². The lowest BCUT2D eigenvalue weighted by Gasteiger charge is -2.38. The zero-order valence-corrected chi connectivity index (χ0v) is 23.4. The van der Waals surface area contributed by atoms with Crippen LogP contribution in [0.3, 0.4) is 0 Å². The molecular weight excluding hydrogens is 555 g/mol. The number of carbonyl (C=O) groups is 5. The Balaban J connectivity index is 1.61. The monoisotopic (exact) mass is 588 g/mol. The number of piperazine rings is 1. The molecule has 1 aromatic heterocycles. The summed E-state index contributed by atoms with van der Waals surface area (Å²) in [4.78, 5) is 69.0. The molecule has 2 aliphatic rings. The summed E-state index contributed by atoms with van der Waals surface area (Å²) in [5.74, 6) is -5.76. The molecule has 0 spiro atoms. The number of pyridine rings is 1. The van der Waals surface area contributed by atoms with Gasteiger partial charge in [0.1, 0.15) is 6.04 Å². The standard InChI is InChI=1S/C28H33FN4O9/c1-3-41-27(40)33-13-11-32(12-14-33)25(37)19(7-8-20(34)35)31-24(36)22-21(29)23(42-28(26(38)39)9-4-10-28)17-15-16(2)5-6-18(17)30-22/h5-6,15,19H,3-4,7-14H2,1-2H3,(H,31,36)(H,34,35)(H,38,39). The highest BCUT2D eigenvalue weighted by Gasteiger charge is 2.48. The number of aryl methyl sites for hydroxylation is 1. The summed E-state index contributed by atoms with van der Waals surface area (Å²) >= 11 is 0. The number of carboxylic acid groups (broad SMARTS) is 2. The van der Waals surface area contributed by atoms with Crippen LogP contribution in [0.2, 0.25) is 0 Å². The smallest absolute Gasteiger partial charge is 0.409 e. The molecule has 0 bridgehead atoms. The Morgan fingerprint density at radius 2 is 1.76 bits per heavy atom. The van der Waals surface area contributed by atoms with Crippen LogP contribution in [-0.4, -0.2) is 99.3 Å². The normalized spacial score (nSPS) is 16.7. The van der Waals surface area contributed by atoms with E-state index in [0.717, 1.165) is 5.56 Å². The molecule has 13 nitrogen and oxygen atoms in total. The number of fused-ring (bicyclic) bond motifs is 1. The molecule has 1 saturated heterocycles. The van der Waals surface area contributed by atoms with Crippen molar-refractivity contribution >= 4 is 40.7 Å². The highest BCUT2D eigenvalue weighted by atomic mass is 19.1. The second-order valence-electron chi connectivity index (χ2n) is 10.3. The summed E-state index contributed by atoms with van der Waals surface area (Å²) in [7, 11) is 0. The fourth-order valence-corrected chi connectivity index (χ4v) is 4.92. The van der Waals surface area contributed by atoms with Gasteiger partial charge < -0.3 is 34.8 Å². The second kappa shape index (κ2) is 12.6. The molecule has 2 aromatic rings. The Bertz CT molecular complexity index is 1400. The van der Waals surface area contributed by atoms with Crippen molar-refractivity contribution < 1.29 is 48.0 Å². The van der Waals surface area contributed by atoms with Gasteiger partial charge >= 0.3 is 18.0 Å². The molecule has 1 unspecified atom stereocenters. The van der Waals surface area contributed by atoms with E-state index in [2.05, 4.69) is 10.3 Å². The average Bonchev–Trinajstić information content (AvgIpc) is 2.93. The number of rotatable bonds is 10. The summed E-state index contributed by atoms with van der Waals surface area (Å²) in [5.41, 5.74) is -1.46. The minimum Gasteiger partial charge on any atom is -0.481 e. The summed E-state index contributed by atoms with van der Waals surface area (Å²) < 4.78 is 26.7. The van der Waals surface area contributed by atoms with E-state index in [1.807, 2.05) is 0 Å². The number of aromatic nitrogens is 1. The van der Waals surface area contributed by atoms with Crippen LogP contribution < -0.4 is 10.1 Å². The van der Waals surface area contributed by atoms with Crippen LogP contribution in [0.5, 0.6) is 5.75 Å². The first-order valence-electron chi connectivity index (χ1n) is 13.7. The number of aliphatic carboxylic acids is 2. The molecule has 2 heterocycles.